The summed E-state index contributed by atoms with van der Waals surface area (Å²) in [4.78, 5) is 79.8. The summed E-state index contributed by atoms with van der Waals surface area (Å²) in [6, 6.07) is 5.04. The Kier molecular flexibility index (Phi) is 12.4. The van der Waals surface area contributed by atoms with Gasteiger partial charge in [-0.1, -0.05) is 27.7 Å². The first-order valence-electron chi connectivity index (χ1n) is 19.3. The monoisotopic (exact) mass is 833 g/mol. The fraction of sp³-hybridized carbons (Fsp3) is 0.390. The number of pyridine rings is 2. The number of benzene rings is 2. The number of aromatic nitrogens is 2. The zero-order chi connectivity index (χ0) is 43.6. The smallest absolute Gasteiger partial charge is 0.405 e. The number of carbonyl (C=O) groups excluding carboxylic acids is 4. The highest BCUT2D eigenvalue weighted by Crippen LogP contribution is 2.41. The quantitative estimate of drug-likeness (QED) is 0.0592. The van der Waals surface area contributed by atoms with Crippen LogP contribution in [0.2, 0.25) is 0 Å². The maximum absolute atomic E-state index is 15.5. The maximum atomic E-state index is 15.5. The Balaban J connectivity index is 1.20. The molecule has 0 unspecified atom stereocenters. The number of aliphatic hydroxyl groups is 1. The molecule has 19 heteroatoms. The topological polar surface area (TPSA) is 253 Å². The van der Waals surface area contributed by atoms with Crippen LogP contribution in [0.3, 0.4) is 0 Å². The van der Waals surface area contributed by atoms with Crippen LogP contribution >= 0.6 is 0 Å². The molecular formula is C41H45F2N7O10. The SMILES string of the molecule is CCc1c2c(nc3ccc(OCc4c(F)cc(NC(=O)[C@H](CCCNC(N)=O)NC(=O)[C@@H](NC(=O)O)C(C)C)cc4F)cc13)-c1cc3c(c(=O)n1C2)COC(=O)[C@]3(O)CC. The van der Waals surface area contributed by atoms with E-state index in [1.165, 1.54) is 0 Å². The lowest BCUT2D eigenvalue weighted by atomic mass is 9.86. The second-order valence-electron chi connectivity index (χ2n) is 14.9. The summed E-state index contributed by atoms with van der Waals surface area (Å²) >= 11 is 0. The third-order valence-electron chi connectivity index (χ3n) is 10.8. The molecule has 8 N–H and O–H groups in total. The van der Waals surface area contributed by atoms with Crippen LogP contribution in [0, 0.1) is 17.6 Å². The normalized spacial score (nSPS) is 16.2. The molecule has 2 aromatic heterocycles. The number of nitrogens with two attached hydrogens (primary N) is 1. The number of halogens is 2. The second-order valence-corrected chi connectivity index (χ2v) is 14.9. The number of carboxylic acid groups (broad SMARTS) is 1. The average molecular weight is 834 g/mol. The van der Waals surface area contributed by atoms with Crippen molar-refractivity contribution in [2.45, 2.75) is 90.8 Å². The molecular weight excluding hydrogens is 788 g/mol. The second kappa shape index (κ2) is 17.3. The predicted octanol–water partition coefficient (Wildman–Crippen LogP) is 3.66. The van der Waals surface area contributed by atoms with E-state index >= 15 is 8.78 Å². The van der Waals surface area contributed by atoms with Gasteiger partial charge >= 0.3 is 18.1 Å². The number of nitrogens with one attached hydrogen (secondary N) is 4. The van der Waals surface area contributed by atoms with Crippen molar-refractivity contribution in [3.05, 3.63) is 86.2 Å². The van der Waals surface area contributed by atoms with E-state index in [0.717, 1.165) is 23.3 Å². The molecule has 60 heavy (non-hydrogen) atoms. The van der Waals surface area contributed by atoms with Gasteiger partial charge in [-0.15, -0.1) is 0 Å². The molecule has 2 aliphatic rings. The van der Waals surface area contributed by atoms with E-state index in [2.05, 4.69) is 21.3 Å². The number of hydrogen-bond donors (Lipinski definition) is 7. The Morgan fingerprint density at radius 2 is 1.73 bits per heavy atom. The van der Waals surface area contributed by atoms with Gasteiger partial charge in [0.25, 0.3) is 5.56 Å². The Labute approximate surface area is 341 Å². The highest BCUT2D eigenvalue weighted by molar-refractivity contribution is 5.98. The lowest BCUT2D eigenvalue weighted by Gasteiger charge is -2.31. The van der Waals surface area contributed by atoms with Crippen LogP contribution in [0.4, 0.5) is 24.1 Å². The Morgan fingerprint density at radius 3 is 2.37 bits per heavy atom. The summed E-state index contributed by atoms with van der Waals surface area (Å²) in [5.74, 6) is -4.78. The molecule has 2 aliphatic heterocycles. The summed E-state index contributed by atoms with van der Waals surface area (Å²) in [5, 5.41) is 30.4. The third-order valence-corrected chi connectivity index (χ3v) is 10.8. The number of carbonyl (C=O) groups is 5. The van der Waals surface area contributed by atoms with Crippen molar-refractivity contribution in [1.29, 1.82) is 0 Å². The van der Waals surface area contributed by atoms with Crippen molar-refractivity contribution in [1.82, 2.24) is 25.5 Å². The molecule has 2 aromatic carbocycles. The van der Waals surface area contributed by atoms with Gasteiger partial charge in [-0.3, -0.25) is 14.4 Å². The van der Waals surface area contributed by atoms with Gasteiger partial charge in [0.2, 0.25) is 11.8 Å². The van der Waals surface area contributed by atoms with Crippen molar-refractivity contribution in [3.63, 3.8) is 0 Å². The van der Waals surface area contributed by atoms with Crippen LogP contribution in [-0.4, -0.2) is 68.3 Å². The third kappa shape index (κ3) is 8.43. The lowest BCUT2D eigenvalue weighted by Crippen LogP contribution is -2.54. The van der Waals surface area contributed by atoms with Crippen molar-refractivity contribution in [2.24, 2.45) is 11.7 Å². The first kappa shape index (κ1) is 43.0. The first-order valence-corrected chi connectivity index (χ1v) is 19.3. The van der Waals surface area contributed by atoms with E-state index in [4.69, 9.17) is 20.2 Å². The molecule has 0 spiro atoms. The molecule has 4 heterocycles. The number of cyclic esters (lactones) is 1. The largest absolute Gasteiger partial charge is 0.489 e. The van der Waals surface area contributed by atoms with Crippen LogP contribution in [0.1, 0.15) is 74.8 Å². The van der Waals surface area contributed by atoms with Gasteiger partial charge in [0.1, 0.15) is 42.7 Å². The fourth-order valence-corrected chi connectivity index (χ4v) is 7.55. The molecule has 3 atom stereocenters. The van der Waals surface area contributed by atoms with Crippen LogP contribution in [0.5, 0.6) is 5.75 Å². The first-order chi connectivity index (χ1) is 28.5. The minimum atomic E-state index is -1.97. The summed E-state index contributed by atoms with van der Waals surface area (Å²) in [6.45, 7) is 6.20. The van der Waals surface area contributed by atoms with Crippen molar-refractivity contribution < 1.29 is 52.4 Å². The standard InChI is InChI=1S/C41H45F2N7O10/c1-5-22-23-14-21(9-10-30(23)47-34-24(22)16-50-32(34)15-27-25(37(50)53)17-60-38(54)41(27,58)6-2)59-18-26-28(42)12-20(13-29(26)43)46-35(51)31(8-7-11-45-39(44)55)48-36(52)33(19(3)4)49-40(56)57/h9-10,12-15,19,31,33,49,58H,5-8,11,16-18H2,1-4H3,(H,46,51)(H,48,52)(H,56,57)(H3,44,45,55)/t31-,33-,41-/m0/s1. The molecule has 0 bridgehead atoms. The predicted molar refractivity (Wildman–Crippen MR) is 212 cm³/mol. The lowest BCUT2D eigenvalue weighted by molar-refractivity contribution is -0.172. The maximum Gasteiger partial charge on any atom is 0.405 e. The Bertz CT molecular complexity index is 2450. The van der Waals surface area contributed by atoms with Crippen LogP contribution in [0.15, 0.2) is 41.2 Å². The van der Waals surface area contributed by atoms with E-state index in [-0.39, 0.29) is 61.5 Å². The zero-order valence-electron chi connectivity index (χ0n) is 33.2. The van der Waals surface area contributed by atoms with Crippen molar-refractivity contribution >= 4 is 46.5 Å². The fourth-order valence-electron chi connectivity index (χ4n) is 7.55. The van der Waals surface area contributed by atoms with Gasteiger partial charge in [0.05, 0.1) is 34.6 Å². The number of urea groups is 1. The molecule has 17 nitrogen and oxygen atoms in total. The van der Waals surface area contributed by atoms with Gasteiger partial charge in [-0.05, 0) is 73.6 Å². The van der Waals surface area contributed by atoms with Gasteiger partial charge in [0.15, 0.2) is 5.60 Å². The summed E-state index contributed by atoms with van der Waals surface area (Å²) in [5.41, 5.74) is 5.60. The number of aryl methyl sites for hydroxylation is 1. The van der Waals surface area contributed by atoms with Crippen molar-refractivity contribution in [3.8, 4) is 17.1 Å². The van der Waals surface area contributed by atoms with E-state index in [1.54, 1.807) is 49.6 Å². The van der Waals surface area contributed by atoms with Gasteiger partial charge in [0, 0.05) is 28.7 Å². The van der Waals surface area contributed by atoms with Gasteiger partial charge in [-0.2, -0.15) is 0 Å². The molecule has 0 saturated heterocycles. The minimum absolute atomic E-state index is 0.00858. The van der Waals surface area contributed by atoms with Crippen molar-refractivity contribution in [2.75, 3.05) is 11.9 Å². The number of esters is 1. The highest BCUT2D eigenvalue weighted by atomic mass is 19.1. The number of hydrogen-bond acceptors (Lipinski definition) is 10. The van der Waals surface area contributed by atoms with Crippen LogP contribution in [0.25, 0.3) is 22.3 Å². The summed E-state index contributed by atoms with van der Waals surface area (Å²) in [6.07, 6.45) is -0.814. The number of anilines is 1. The van der Waals surface area contributed by atoms with E-state index in [0.29, 0.717) is 28.7 Å². The van der Waals surface area contributed by atoms with Crippen LogP contribution in [-0.2, 0) is 50.9 Å². The Hall–Kier alpha value is -6.63. The van der Waals surface area contributed by atoms with E-state index in [9.17, 15) is 39.0 Å². The summed E-state index contributed by atoms with van der Waals surface area (Å²) in [7, 11) is 0. The molecule has 0 aliphatic carbocycles. The number of rotatable bonds is 15. The molecule has 0 radical (unpaired) electrons. The highest BCUT2D eigenvalue weighted by Gasteiger charge is 2.45. The number of primary amides is 1. The number of ether oxygens (including phenoxy) is 2. The molecule has 6 rings (SSSR count). The molecule has 5 amide bonds. The van der Waals surface area contributed by atoms with E-state index in [1.807, 2.05) is 6.92 Å². The van der Waals surface area contributed by atoms with Gasteiger partial charge in [-0.25, -0.2) is 28.1 Å². The molecule has 318 valence electrons. The zero-order valence-corrected chi connectivity index (χ0v) is 33.2. The number of nitrogens with zero attached hydrogens (tertiary/aromatic N) is 2. The van der Waals surface area contributed by atoms with Gasteiger partial charge < -0.3 is 51.3 Å². The number of amides is 5. The summed E-state index contributed by atoms with van der Waals surface area (Å²) < 4.78 is 43.5. The van der Waals surface area contributed by atoms with E-state index < -0.39 is 82.9 Å². The molecule has 0 saturated carbocycles. The minimum Gasteiger partial charge on any atom is -0.489 e. The molecule has 4 aromatic rings. The molecule has 0 fully saturated rings. The average Bonchev–Trinajstić information content (AvgIpc) is 3.56. The Morgan fingerprint density at radius 1 is 1.02 bits per heavy atom. The van der Waals surface area contributed by atoms with Crippen LogP contribution < -0.4 is 37.3 Å². The number of fused-ring (bicyclic) bond motifs is 5.